The molecule has 1 aliphatic carbocycles. The van der Waals surface area contributed by atoms with Gasteiger partial charge in [-0.25, -0.2) is 4.98 Å². The number of nitrogens with one attached hydrogen (secondary N) is 1. The van der Waals surface area contributed by atoms with Gasteiger partial charge in [-0.05, 0) is 25.0 Å². The van der Waals surface area contributed by atoms with Gasteiger partial charge in [0.25, 0.3) is 0 Å². The van der Waals surface area contributed by atoms with Crippen LogP contribution in [-0.2, 0) is 4.79 Å². The number of para-hydroxylation sites is 1. The molecule has 0 radical (unpaired) electrons. The molecule has 2 aromatic rings. The maximum absolute atomic E-state index is 12.4. The highest BCUT2D eigenvalue weighted by atomic mass is 32.1. The Morgan fingerprint density at radius 1 is 1.13 bits per heavy atom. The van der Waals surface area contributed by atoms with E-state index in [1.54, 1.807) is 11.3 Å². The third-order valence-corrected chi connectivity index (χ3v) is 6.10. The molecule has 1 amide bonds. The molecule has 1 saturated carbocycles. The van der Waals surface area contributed by atoms with Crippen molar-refractivity contribution < 1.29 is 4.79 Å². The lowest BCUT2D eigenvalue weighted by Gasteiger charge is -2.38. The SMILES string of the molecule is O=C(NC1CCCCCC1)C1CN(c2nc3ccccc3s2)C1. The largest absolute Gasteiger partial charge is 0.353 e. The Morgan fingerprint density at radius 3 is 2.61 bits per heavy atom. The standard InChI is InChI=1S/C18H23N3OS/c22-17(19-14-7-3-1-2-4-8-14)13-11-21(12-13)18-20-15-9-5-6-10-16(15)23-18/h5-6,9-10,13-14H,1-4,7-8,11-12H2,(H,19,22). The zero-order valence-corrected chi connectivity index (χ0v) is 14.1. The number of nitrogens with zero attached hydrogens (tertiary/aromatic N) is 2. The van der Waals surface area contributed by atoms with Gasteiger partial charge in [0.2, 0.25) is 5.91 Å². The molecule has 122 valence electrons. The van der Waals surface area contributed by atoms with Gasteiger partial charge < -0.3 is 10.2 Å². The summed E-state index contributed by atoms with van der Waals surface area (Å²) in [7, 11) is 0. The van der Waals surface area contributed by atoms with Gasteiger partial charge in [0, 0.05) is 19.1 Å². The van der Waals surface area contributed by atoms with E-state index in [-0.39, 0.29) is 11.8 Å². The molecule has 5 heteroatoms. The molecule has 1 aromatic heterocycles. The van der Waals surface area contributed by atoms with E-state index in [0.29, 0.717) is 6.04 Å². The average molecular weight is 329 g/mol. The molecule has 0 spiro atoms. The van der Waals surface area contributed by atoms with Gasteiger partial charge in [-0.1, -0.05) is 49.2 Å². The van der Waals surface area contributed by atoms with E-state index < -0.39 is 0 Å². The minimum Gasteiger partial charge on any atom is -0.353 e. The van der Waals surface area contributed by atoms with Gasteiger partial charge in [0.15, 0.2) is 5.13 Å². The summed E-state index contributed by atoms with van der Waals surface area (Å²) in [6, 6.07) is 8.62. The van der Waals surface area contributed by atoms with E-state index in [4.69, 9.17) is 0 Å². The fraction of sp³-hybridized carbons (Fsp3) is 0.556. The van der Waals surface area contributed by atoms with Gasteiger partial charge >= 0.3 is 0 Å². The summed E-state index contributed by atoms with van der Waals surface area (Å²) in [5, 5.41) is 4.32. The van der Waals surface area contributed by atoms with Crippen LogP contribution in [0.25, 0.3) is 10.2 Å². The van der Waals surface area contributed by atoms with Gasteiger partial charge in [-0.2, -0.15) is 0 Å². The molecule has 0 bridgehead atoms. The molecule has 0 unspecified atom stereocenters. The highest BCUT2D eigenvalue weighted by Crippen LogP contribution is 2.33. The van der Waals surface area contributed by atoms with Crippen molar-refractivity contribution >= 4 is 32.6 Å². The van der Waals surface area contributed by atoms with E-state index in [9.17, 15) is 4.79 Å². The third kappa shape index (κ3) is 3.20. The molecule has 0 atom stereocenters. The molecular weight excluding hydrogens is 306 g/mol. The zero-order chi connectivity index (χ0) is 15.6. The first-order valence-corrected chi connectivity index (χ1v) is 9.52. The van der Waals surface area contributed by atoms with Crippen molar-refractivity contribution in [2.45, 2.75) is 44.6 Å². The van der Waals surface area contributed by atoms with E-state index in [1.807, 2.05) is 18.2 Å². The van der Waals surface area contributed by atoms with Crippen LogP contribution in [0.1, 0.15) is 38.5 Å². The number of aromatic nitrogens is 1. The first-order valence-electron chi connectivity index (χ1n) is 8.70. The van der Waals surface area contributed by atoms with E-state index in [2.05, 4.69) is 21.3 Å². The molecule has 2 aliphatic rings. The molecule has 4 rings (SSSR count). The second kappa shape index (κ2) is 6.48. The van der Waals surface area contributed by atoms with Crippen LogP contribution >= 0.6 is 11.3 Å². The topological polar surface area (TPSA) is 45.2 Å². The number of fused-ring (bicyclic) bond motifs is 1. The molecule has 23 heavy (non-hydrogen) atoms. The third-order valence-electron chi connectivity index (χ3n) is 5.01. The molecule has 4 nitrogen and oxygen atoms in total. The second-order valence-corrected chi connectivity index (χ2v) is 7.77. The predicted octanol–water partition coefficient (Wildman–Crippen LogP) is 3.57. The normalized spacial score (nSPS) is 20.3. The Hall–Kier alpha value is -1.62. The number of amides is 1. The maximum Gasteiger partial charge on any atom is 0.226 e. The predicted molar refractivity (Wildman–Crippen MR) is 95.0 cm³/mol. The molecule has 1 saturated heterocycles. The molecule has 2 heterocycles. The van der Waals surface area contributed by atoms with Crippen LogP contribution in [0.5, 0.6) is 0 Å². The number of carbonyl (C=O) groups is 1. The van der Waals surface area contributed by atoms with Crippen LogP contribution < -0.4 is 10.2 Å². The molecule has 1 aromatic carbocycles. The fourth-order valence-corrected chi connectivity index (χ4v) is 4.52. The summed E-state index contributed by atoms with van der Waals surface area (Å²) < 4.78 is 1.22. The second-order valence-electron chi connectivity index (χ2n) is 6.76. The van der Waals surface area contributed by atoms with Gasteiger partial charge in [-0.15, -0.1) is 0 Å². The Balaban J connectivity index is 1.32. The zero-order valence-electron chi connectivity index (χ0n) is 13.3. The summed E-state index contributed by atoms with van der Waals surface area (Å²) in [5.41, 5.74) is 1.05. The Labute approximate surface area is 140 Å². The Morgan fingerprint density at radius 2 is 1.87 bits per heavy atom. The number of carbonyl (C=O) groups excluding carboxylic acids is 1. The van der Waals surface area contributed by atoms with Crippen LogP contribution in [0, 0.1) is 5.92 Å². The van der Waals surface area contributed by atoms with E-state index >= 15 is 0 Å². The monoisotopic (exact) mass is 329 g/mol. The van der Waals surface area contributed by atoms with Crippen molar-refractivity contribution in [3.63, 3.8) is 0 Å². The number of hydrogen-bond donors (Lipinski definition) is 1. The summed E-state index contributed by atoms with van der Waals surface area (Å²) in [6.45, 7) is 1.61. The maximum atomic E-state index is 12.4. The lowest BCUT2D eigenvalue weighted by molar-refractivity contribution is -0.126. The van der Waals surface area contributed by atoms with Crippen molar-refractivity contribution in [3.8, 4) is 0 Å². The van der Waals surface area contributed by atoms with Gasteiger partial charge in [-0.3, -0.25) is 4.79 Å². The van der Waals surface area contributed by atoms with Crippen LogP contribution in [0.2, 0.25) is 0 Å². The van der Waals surface area contributed by atoms with Crippen LogP contribution in [-0.4, -0.2) is 30.0 Å². The molecule has 2 fully saturated rings. The Bertz CT molecular complexity index is 651. The van der Waals surface area contributed by atoms with Gasteiger partial charge in [0.05, 0.1) is 16.1 Å². The number of rotatable bonds is 3. The lowest BCUT2D eigenvalue weighted by Crippen LogP contribution is -2.55. The van der Waals surface area contributed by atoms with Crippen molar-refractivity contribution in [1.29, 1.82) is 0 Å². The summed E-state index contributed by atoms with van der Waals surface area (Å²) >= 11 is 1.72. The quantitative estimate of drug-likeness (QED) is 0.876. The fourth-order valence-electron chi connectivity index (χ4n) is 3.54. The van der Waals surface area contributed by atoms with Crippen molar-refractivity contribution in [3.05, 3.63) is 24.3 Å². The van der Waals surface area contributed by atoms with Crippen LogP contribution in [0.15, 0.2) is 24.3 Å². The average Bonchev–Trinajstić information content (AvgIpc) is 2.75. The number of benzene rings is 1. The molecule has 1 N–H and O–H groups in total. The smallest absolute Gasteiger partial charge is 0.226 e. The van der Waals surface area contributed by atoms with Crippen LogP contribution in [0.3, 0.4) is 0 Å². The Kier molecular flexibility index (Phi) is 4.21. The summed E-state index contributed by atoms with van der Waals surface area (Å²) in [4.78, 5) is 19.3. The molecular formula is C18H23N3OS. The van der Waals surface area contributed by atoms with E-state index in [0.717, 1.165) is 36.6 Å². The summed E-state index contributed by atoms with van der Waals surface area (Å²) in [5.74, 6) is 0.375. The lowest BCUT2D eigenvalue weighted by atomic mass is 9.98. The number of hydrogen-bond acceptors (Lipinski definition) is 4. The molecule has 1 aliphatic heterocycles. The minimum absolute atomic E-state index is 0.130. The van der Waals surface area contributed by atoms with Gasteiger partial charge in [0.1, 0.15) is 0 Å². The highest BCUT2D eigenvalue weighted by molar-refractivity contribution is 7.22. The summed E-state index contributed by atoms with van der Waals surface area (Å²) in [6.07, 6.45) is 7.46. The number of thiazole rings is 1. The van der Waals surface area contributed by atoms with Crippen molar-refractivity contribution in [2.24, 2.45) is 5.92 Å². The van der Waals surface area contributed by atoms with Crippen LogP contribution in [0.4, 0.5) is 5.13 Å². The minimum atomic E-state index is 0.130. The van der Waals surface area contributed by atoms with E-state index in [1.165, 1.54) is 30.4 Å². The highest BCUT2D eigenvalue weighted by Gasteiger charge is 2.35. The van der Waals surface area contributed by atoms with Crippen molar-refractivity contribution in [1.82, 2.24) is 10.3 Å². The first kappa shape index (κ1) is 14.9. The van der Waals surface area contributed by atoms with Crippen molar-refractivity contribution in [2.75, 3.05) is 18.0 Å². The first-order chi connectivity index (χ1) is 11.3. The number of anilines is 1.